The van der Waals surface area contributed by atoms with Crippen LogP contribution in [-0.2, 0) is 4.79 Å². The fourth-order valence-corrected chi connectivity index (χ4v) is 2.23. The van der Waals surface area contributed by atoms with Crippen molar-refractivity contribution in [2.45, 2.75) is 19.3 Å². The molecule has 1 unspecified atom stereocenters. The number of carbonyl (C=O) groups is 1. The van der Waals surface area contributed by atoms with E-state index in [-0.39, 0.29) is 17.7 Å². The van der Waals surface area contributed by atoms with Crippen molar-refractivity contribution >= 4 is 17.4 Å². The average molecular weight is 326 g/mol. The first kappa shape index (κ1) is 17.3. The molecule has 0 aliphatic heterocycles. The second-order valence-electron chi connectivity index (χ2n) is 5.12. The van der Waals surface area contributed by atoms with Gasteiger partial charge in [0.15, 0.2) is 0 Å². The van der Waals surface area contributed by atoms with Crippen LogP contribution in [0.5, 0.6) is 0 Å². The van der Waals surface area contributed by atoms with Crippen LogP contribution >= 0.6 is 0 Å². The molecule has 6 heteroatoms. The van der Waals surface area contributed by atoms with Crippen LogP contribution < -0.4 is 10.6 Å². The Morgan fingerprint density at radius 2 is 2.08 bits per heavy atom. The quantitative estimate of drug-likeness (QED) is 0.432. The minimum Gasteiger partial charge on any atom is -0.361 e. The number of hydrogen-bond donors (Lipinski definition) is 3. The van der Waals surface area contributed by atoms with Gasteiger partial charge in [0.05, 0.1) is 5.92 Å². The maximum Gasteiger partial charge on any atom is 0.233 e. The predicted octanol–water partition coefficient (Wildman–Crippen LogP) is 3.43. The lowest BCUT2D eigenvalue weighted by molar-refractivity contribution is -0.121. The Balaban J connectivity index is 1.91. The van der Waals surface area contributed by atoms with Gasteiger partial charge < -0.3 is 10.6 Å². The number of carbonyl (C=O) groups excluding carboxylic acids is 1. The van der Waals surface area contributed by atoms with E-state index < -0.39 is 5.95 Å². The van der Waals surface area contributed by atoms with E-state index in [0.717, 1.165) is 5.56 Å². The first-order valence-corrected chi connectivity index (χ1v) is 7.59. The maximum absolute atomic E-state index is 12.9. The van der Waals surface area contributed by atoms with Gasteiger partial charge in [-0.15, -0.1) is 0 Å². The third kappa shape index (κ3) is 5.01. The highest BCUT2D eigenvalue weighted by atomic mass is 19.1. The molecule has 0 bridgehead atoms. The molecule has 0 saturated carbocycles. The van der Waals surface area contributed by atoms with Crippen molar-refractivity contribution in [1.29, 1.82) is 5.41 Å². The van der Waals surface area contributed by atoms with Crippen LogP contribution in [0.2, 0.25) is 0 Å². The molecule has 0 aliphatic rings. The van der Waals surface area contributed by atoms with Gasteiger partial charge in [-0.1, -0.05) is 37.3 Å². The van der Waals surface area contributed by atoms with E-state index in [1.807, 2.05) is 37.3 Å². The van der Waals surface area contributed by atoms with Gasteiger partial charge in [-0.25, -0.2) is 4.98 Å². The molecule has 124 valence electrons. The molecule has 1 amide bonds. The van der Waals surface area contributed by atoms with Crippen LogP contribution in [-0.4, -0.2) is 16.7 Å². The minimum absolute atomic E-state index is 0.0450. The van der Waals surface area contributed by atoms with Gasteiger partial charge in [-0.3, -0.25) is 10.2 Å². The lowest BCUT2D eigenvalue weighted by atomic mass is 9.96. The fourth-order valence-electron chi connectivity index (χ4n) is 2.23. The van der Waals surface area contributed by atoms with Crippen molar-refractivity contribution in [2.24, 2.45) is 0 Å². The molecule has 0 aliphatic carbocycles. The number of rotatable bonds is 6. The third-order valence-electron chi connectivity index (χ3n) is 3.41. The third-order valence-corrected chi connectivity index (χ3v) is 3.41. The molecular formula is C18H19FN4O. The topological polar surface area (TPSA) is 77.9 Å². The summed E-state index contributed by atoms with van der Waals surface area (Å²) >= 11 is 0. The number of amidine groups is 1. The maximum atomic E-state index is 12.9. The lowest BCUT2D eigenvalue weighted by Gasteiger charge is -2.14. The monoisotopic (exact) mass is 326 g/mol. The summed E-state index contributed by atoms with van der Waals surface area (Å²) < 4.78 is 12.9. The second-order valence-corrected chi connectivity index (χ2v) is 5.12. The summed E-state index contributed by atoms with van der Waals surface area (Å²) in [4.78, 5) is 15.7. The Bertz CT molecular complexity index is 731. The van der Waals surface area contributed by atoms with E-state index >= 15 is 0 Å². The summed E-state index contributed by atoms with van der Waals surface area (Å²) in [6.07, 6.45) is 4.83. The number of anilines is 1. The van der Waals surface area contributed by atoms with Crippen LogP contribution in [0.15, 0.2) is 60.9 Å². The van der Waals surface area contributed by atoms with Gasteiger partial charge in [-0.2, -0.15) is 4.39 Å². The number of amides is 1. The van der Waals surface area contributed by atoms with Crippen molar-refractivity contribution in [3.63, 3.8) is 0 Å². The van der Waals surface area contributed by atoms with Crippen LogP contribution in [0, 0.1) is 11.4 Å². The number of hydrogen-bond acceptors (Lipinski definition) is 4. The highest BCUT2D eigenvalue weighted by Gasteiger charge is 2.18. The molecule has 5 nitrogen and oxygen atoms in total. The molecule has 2 aromatic rings. The number of aromatic nitrogens is 1. The van der Waals surface area contributed by atoms with Gasteiger partial charge >= 0.3 is 0 Å². The van der Waals surface area contributed by atoms with E-state index in [0.29, 0.717) is 12.1 Å². The Morgan fingerprint density at radius 1 is 1.33 bits per heavy atom. The number of halogens is 1. The van der Waals surface area contributed by atoms with E-state index in [9.17, 15) is 9.18 Å². The summed E-state index contributed by atoms with van der Waals surface area (Å²) in [7, 11) is 0. The van der Waals surface area contributed by atoms with Crippen molar-refractivity contribution < 1.29 is 9.18 Å². The molecule has 1 heterocycles. The number of pyridine rings is 1. The zero-order valence-corrected chi connectivity index (χ0v) is 13.3. The SMILES string of the molecule is CCC(C(=O)NC(=N)/C=C\Nc1ccnc(F)c1)c1ccccc1. The Morgan fingerprint density at radius 3 is 2.75 bits per heavy atom. The Labute approximate surface area is 140 Å². The molecule has 0 spiro atoms. The van der Waals surface area contributed by atoms with E-state index in [1.54, 1.807) is 6.07 Å². The van der Waals surface area contributed by atoms with Crippen molar-refractivity contribution in [3.8, 4) is 0 Å². The predicted molar refractivity (Wildman–Crippen MR) is 92.3 cm³/mol. The number of nitrogens with zero attached hydrogens (tertiary/aromatic N) is 1. The summed E-state index contributed by atoms with van der Waals surface area (Å²) in [6.45, 7) is 1.93. The van der Waals surface area contributed by atoms with Gasteiger partial charge in [-0.05, 0) is 24.1 Å². The second kappa shape index (κ2) is 8.57. The normalized spacial score (nSPS) is 11.9. The van der Waals surface area contributed by atoms with Crippen LogP contribution in [0.25, 0.3) is 0 Å². The van der Waals surface area contributed by atoms with Gasteiger partial charge in [0.1, 0.15) is 5.84 Å². The van der Waals surface area contributed by atoms with Crippen LogP contribution in [0.1, 0.15) is 24.8 Å². The van der Waals surface area contributed by atoms with E-state index in [2.05, 4.69) is 15.6 Å². The molecule has 2 rings (SSSR count). The number of nitrogens with one attached hydrogen (secondary N) is 3. The molecule has 24 heavy (non-hydrogen) atoms. The van der Waals surface area contributed by atoms with Crippen LogP contribution in [0.3, 0.4) is 0 Å². The zero-order chi connectivity index (χ0) is 17.4. The van der Waals surface area contributed by atoms with Gasteiger partial charge in [0, 0.05) is 24.2 Å². The molecule has 0 fully saturated rings. The Hall–Kier alpha value is -3.02. The molecule has 0 radical (unpaired) electrons. The molecule has 1 aromatic carbocycles. The molecule has 1 atom stereocenters. The number of benzene rings is 1. The van der Waals surface area contributed by atoms with Gasteiger partial charge in [0.2, 0.25) is 11.9 Å². The largest absolute Gasteiger partial charge is 0.361 e. The highest BCUT2D eigenvalue weighted by Crippen LogP contribution is 2.19. The standard InChI is InChI=1S/C18H19FN4O/c1-2-15(13-6-4-3-5-7-13)18(24)23-17(20)9-11-21-14-8-10-22-16(19)12-14/h3-12,15H,2H2,1H3,(H,21,22)(H2,20,23,24)/b11-9-. The van der Waals surface area contributed by atoms with Crippen molar-refractivity contribution in [1.82, 2.24) is 10.3 Å². The summed E-state index contributed by atoms with van der Waals surface area (Å²) in [6, 6.07) is 12.3. The summed E-state index contributed by atoms with van der Waals surface area (Å²) in [5.74, 6) is -1.17. The smallest absolute Gasteiger partial charge is 0.233 e. The van der Waals surface area contributed by atoms with E-state index in [1.165, 1.54) is 24.5 Å². The highest BCUT2D eigenvalue weighted by molar-refractivity contribution is 6.04. The van der Waals surface area contributed by atoms with Crippen molar-refractivity contribution in [3.05, 3.63) is 72.4 Å². The molecular weight excluding hydrogens is 307 g/mol. The summed E-state index contributed by atoms with van der Waals surface area (Å²) in [5, 5.41) is 13.2. The first-order valence-electron chi connectivity index (χ1n) is 7.59. The lowest BCUT2D eigenvalue weighted by Crippen LogP contribution is -2.33. The van der Waals surface area contributed by atoms with Gasteiger partial charge in [0.25, 0.3) is 0 Å². The zero-order valence-electron chi connectivity index (χ0n) is 13.3. The minimum atomic E-state index is -0.592. The fraction of sp³-hybridized carbons (Fsp3) is 0.167. The van der Waals surface area contributed by atoms with Crippen LogP contribution in [0.4, 0.5) is 10.1 Å². The first-order chi connectivity index (χ1) is 11.6. The van der Waals surface area contributed by atoms with E-state index in [4.69, 9.17) is 5.41 Å². The Kier molecular flexibility index (Phi) is 6.19. The molecule has 3 N–H and O–H groups in total. The van der Waals surface area contributed by atoms with Crippen molar-refractivity contribution in [2.75, 3.05) is 5.32 Å². The average Bonchev–Trinajstić information content (AvgIpc) is 2.56. The summed E-state index contributed by atoms with van der Waals surface area (Å²) in [5.41, 5.74) is 1.42. The molecule has 0 saturated heterocycles. The molecule has 1 aromatic heterocycles.